The van der Waals surface area contributed by atoms with E-state index in [0.29, 0.717) is 10.7 Å². The molecule has 42 heavy (non-hydrogen) atoms. The first-order valence-electron chi connectivity index (χ1n) is 15.8. The highest BCUT2D eigenvalue weighted by atomic mass is 32.1. The number of nitrogens with one attached hydrogen (secondary N) is 1. The Hall–Kier alpha value is -3.30. The quantitative estimate of drug-likeness (QED) is 0.276. The molecule has 1 N–H and O–H groups in total. The van der Waals surface area contributed by atoms with Crippen LogP contribution in [0.2, 0.25) is 0 Å². The number of nitrogens with zero attached hydrogens (tertiary/aromatic N) is 2. The van der Waals surface area contributed by atoms with Gasteiger partial charge in [0.05, 0.1) is 13.2 Å². The Morgan fingerprint density at radius 1 is 1.12 bits per heavy atom. The maximum atomic E-state index is 14.3. The number of ether oxygens (including phenoxy) is 1. The summed E-state index contributed by atoms with van der Waals surface area (Å²) in [6.45, 7) is 2.21. The molecule has 218 valence electrons. The lowest BCUT2D eigenvalue weighted by molar-refractivity contribution is 0.0107. The highest BCUT2D eigenvalue weighted by Gasteiger charge is 2.51. The molecule has 6 heteroatoms. The van der Waals surface area contributed by atoms with Gasteiger partial charge in [-0.2, -0.15) is 0 Å². The van der Waals surface area contributed by atoms with Gasteiger partial charge >= 0.3 is 0 Å². The lowest BCUT2D eigenvalue weighted by atomic mass is 9.53. The zero-order valence-corrected chi connectivity index (χ0v) is 25.6. The van der Waals surface area contributed by atoms with Crippen molar-refractivity contribution in [1.82, 2.24) is 9.88 Å². The van der Waals surface area contributed by atoms with E-state index < -0.39 is 0 Å². The molecule has 0 radical (unpaired) electrons. The number of rotatable bonds is 8. The number of hydrogen-bond acceptors (Lipinski definition) is 5. The molecular weight excluding hydrogens is 538 g/mol. The Morgan fingerprint density at radius 2 is 1.83 bits per heavy atom. The van der Waals surface area contributed by atoms with Gasteiger partial charge in [-0.15, -0.1) is 17.8 Å². The fourth-order valence-corrected chi connectivity index (χ4v) is 9.65. The van der Waals surface area contributed by atoms with Crippen LogP contribution in [-0.2, 0) is 6.42 Å². The summed E-state index contributed by atoms with van der Waals surface area (Å²) in [5.74, 6) is 6.11. The van der Waals surface area contributed by atoms with E-state index >= 15 is 0 Å². The van der Waals surface area contributed by atoms with E-state index in [2.05, 4.69) is 64.4 Å². The van der Waals surface area contributed by atoms with E-state index in [1.54, 1.807) is 7.11 Å². The number of amides is 1. The fraction of sp³-hybridized carbons (Fsp3) is 0.500. The Kier molecular flexibility index (Phi) is 7.26. The SMILES string of the molecule is C#Cc1nc(C(=O)N2C(c3ccc(NC45CC6CC(CC(C6)C4)C5)cc3)c3ccc(OC)cc3C[C@@H]2CCCC)cs1. The van der Waals surface area contributed by atoms with Crippen LogP contribution in [0.5, 0.6) is 5.75 Å². The zero-order chi connectivity index (χ0) is 28.8. The van der Waals surface area contributed by atoms with Crippen molar-refractivity contribution in [1.29, 1.82) is 0 Å². The van der Waals surface area contributed by atoms with Crippen molar-refractivity contribution >= 4 is 22.9 Å². The molecule has 4 fully saturated rings. The van der Waals surface area contributed by atoms with Gasteiger partial charge in [0.2, 0.25) is 0 Å². The monoisotopic (exact) mass is 579 g/mol. The van der Waals surface area contributed by atoms with Gasteiger partial charge in [-0.1, -0.05) is 38.0 Å². The standard InChI is InChI=1S/C36H41N3O2S/c1-4-6-7-29-17-27-18-30(41-3)12-13-31(27)34(39(29)35(40)32-22-42-33(5-2)37-32)26-8-10-28(11-9-26)38-36-19-23-14-24(20-36)16-25(15-23)21-36/h2,8-13,18,22-25,29,34,38H,4,6-7,14-17,19-21H2,1,3H3/t23?,24?,25?,29-,34?,36?/m0/s1. The van der Waals surface area contributed by atoms with Gasteiger partial charge in [0, 0.05) is 22.6 Å². The molecule has 1 aromatic heterocycles. The highest BCUT2D eigenvalue weighted by molar-refractivity contribution is 7.10. The lowest BCUT2D eigenvalue weighted by Gasteiger charge is -2.57. The summed E-state index contributed by atoms with van der Waals surface area (Å²) in [6.07, 6.45) is 17.8. The van der Waals surface area contributed by atoms with Crippen LogP contribution in [0.15, 0.2) is 47.8 Å². The van der Waals surface area contributed by atoms with E-state index in [9.17, 15) is 4.79 Å². The molecule has 4 saturated carbocycles. The number of benzene rings is 2. The van der Waals surface area contributed by atoms with Crippen molar-refractivity contribution in [2.45, 2.75) is 88.8 Å². The number of carbonyl (C=O) groups is 1. The second kappa shape index (κ2) is 11.1. The number of carbonyl (C=O) groups excluding carboxylic acids is 1. The minimum Gasteiger partial charge on any atom is -0.497 e. The summed E-state index contributed by atoms with van der Waals surface area (Å²) in [5.41, 5.74) is 5.44. The van der Waals surface area contributed by atoms with Crippen molar-refractivity contribution < 1.29 is 9.53 Å². The molecule has 2 aromatic carbocycles. The van der Waals surface area contributed by atoms with Crippen LogP contribution in [-0.4, -0.2) is 34.5 Å². The van der Waals surface area contributed by atoms with Crippen LogP contribution in [0.1, 0.15) is 103 Å². The highest BCUT2D eigenvalue weighted by Crippen LogP contribution is 2.56. The minimum absolute atomic E-state index is 0.0453. The maximum Gasteiger partial charge on any atom is 0.274 e. The molecule has 2 atom stereocenters. The number of hydrogen-bond donors (Lipinski definition) is 1. The molecule has 1 aliphatic heterocycles. The number of fused-ring (bicyclic) bond motifs is 1. The summed E-state index contributed by atoms with van der Waals surface area (Å²) in [5, 5.41) is 6.39. The molecule has 0 saturated heterocycles. The summed E-state index contributed by atoms with van der Waals surface area (Å²) in [6, 6.07) is 15.1. The van der Waals surface area contributed by atoms with Gasteiger partial charge in [-0.25, -0.2) is 4.98 Å². The lowest BCUT2D eigenvalue weighted by Crippen LogP contribution is -2.54. The van der Waals surface area contributed by atoms with E-state index in [-0.39, 0.29) is 23.5 Å². The van der Waals surface area contributed by atoms with E-state index in [0.717, 1.165) is 60.3 Å². The summed E-state index contributed by atoms with van der Waals surface area (Å²) in [7, 11) is 1.72. The number of unbranched alkanes of at least 4 members (excludes halogenated alkanes) is 1. The average molecular weight is 580 g/mol. The summed E-state index contributed by atoms with van der Waals surface area (Å²) in [4.78, 5) is 20.9. The van der Waals surface area contributed by atoms with Crippen molar-refractivity contribution in [3.63, 3.8) is 0 Å². The van der Waals surface area contributed by atoms with Crippen molar-refractivity contribution in [3.8, 4) is 18.1 Å². The van der Waals surface area contributed by atoms with Crippen molar-refractivity contribution in [2.24, 2.45) is 17.8 Å². The summed E-state index contributed by atoms with van der Waals surface area (Å²) >= 11 is 1.36. The van der Waals surface area contributed by atoms with Gasteiger partial charge in [-0.05, 0) is 116 Å². The minimum atomic E-state index is -0.210. The number of thiazole rings is 1. The third-order valence-electron chi connectivity index (χ3n) is 10.4. The van der Waals surface area contributed by atoms with E-state index in [4.69, 9.17) is 11.2 Å². The first-order valence-corrected chi connectivity index (χ1v) is 16.6. The Labute approximate surface area is 254 Å². The van der Waals surface area contributed by atoms with Crippen LogP contribution < -0.4 is 10.1 Å². The van der Waals surface area contributed by atoms with Crippen LogP contribution in [0.25, 0.3) is 0 Å². The smallest absolute Gasteiger partial charge is 0.274 e. The van der Waals surface area contributed by atoms with Crippen LogP contribution in [0, 0.1) is 30.1 Å². The molecule has 3 aromatic rings. The second-order valence-electron chi connectivity index (χ2n) is 13.3. The molecule has 5 nitrogen and oxygen atoms in total. The molecule has 4 bridgehead atoms. The molecule has 8 rings (SSSR count). The molecule has 0 spiro atoms. The average Bonchev–Trinajstić information content (AvgIpc) is 3.48. The molecule has 2 heterocycles. The van der Waals surface area contributed by atoms with Gasteiger partial charge < -0.3 is 15.0 Å². The topological polar surface area (TPSA) is 54.5 Å². The molecule has 1 unspecified atom stereocenters. The maximum absolute atomic E-state index is 14.3. The Balaban J connectivity index is 1.25. The van der Waals surface area contributed by atoms with Gasteiger partial charge in [-0.3, -0.25) is 4.79 Å². The Morgan fingerprint density at radius 3 is 2.45 bits per heavy atom. The van der Waals surface area contributed by atoms with Gasteiger partial charge in [0.25, 0.3) is 5.91 Å². The molecule has 5 aliphatic rings. The molecule has 4 aliphatic carbocycles. The van der Waals surface area contributed by atoms with E-state index in [1.165, 1.54) is 61.1 Å². The van der Waals surface area contributed by atoms with Gasteiger partial charge in [0.15, 0.2) is 5.01 Å². The van der Waals surface area contributed by atoms with E-state index in [1.807, 2.05) is 11.4 Å². The molecular formula is C36H41N3O2S. The molecule has 1 amide bonds. The zero-order valence-electron chi connectivity index (χ0n) is 24.8. The predicted molar refractivity (Wildman–Crippen MR) is 169 cm³/mol. The van der Waals surface area contributed by atoms with Crippen LogP contribution in [0.4, 0.5) is 5.69 Å². The predicted octanol–water partition coefficient (Wildman–Crippen LogP) is 7.86. The van der Waals surface area contributed by atoms with Gasteiger partial charge in [0.1, 0.15) is 11.4 Å². The second-order valence-corrected chi connectivity index (χ2v) is 14.2. The largest absolute Gasteiger partial charge is 0.497 e. The third kappa shape index (κ3) is 5.00. The van der Waals surface area contributed by atoms with Crippen LogP contribution in [0.3, 0.4) is 0 Å². The first-order chi connectivity index (χ1) is 20.5. The number of terminal acetylenes is 1. The number of methoxy groups -OCH3 is 1. The fourth-order valence-electron chi connectivity index (χ4n) is 9.06. The number of aromatic nitrogens is 1. The third-order valence-corrected chi connectivity index (χ3v) is 11.2. The Bertz CT molecular complexity index is 1470. The van der Waals surface area contributed by atoms with Crippen LogP contribution >= 0.6 is 11.3 Å². The summed E-state index contributed by atoms with van der Waals surface area (Å²) < 4.78 is 5.61. The van der Waals surface area contributed by atoms with Crippen molar-refractivity contribution in [3.05, 3.63) is 75.2 Å². The first kappa shape index (κ1) is 27.5. The normalized spacial score (nSPS) is 29.2. The van der Waals surface area contributed by atoms with Crippen molar-refractivity contribution in [2.75, 3.05) is 12.4 Å². The number of anilines is 1.